The Labute approximate surface area is 136 Å². The Balaban J connectivity index is 2.04. The molecule has 4 N–H and O–H groups in total. The van der Waals surface area contributed by atoms with Crippen LogP contribution in [0.5, 0.6) is 0 Å². The fourth-order valence-electron chi connectivity index (χ4n) is 2.14. The number of nitrogens with zero attached hydrogens (tertiary/aromatic N) is 1. The van der Waals surface area contributed by atoms with E-state index in [1.807, 2.05) is 36.4 Å². The first-order chi connectivity index (χ1) is 11.0. The number of aryl methyl sites for hydroxylation is 2. The van der Waals surface area contributed by atoms with Crippen molar-refractivity contribution in [2.24, 2.45) is 10.7 Å². The molecule has 2 rings (SSSR count). The molecule has 0 saturated carbocycles. The van der Waals surface area contributed by atoms with Crippen molar-refractivity contribution in [1.29, 1.82) is 0 Å². The zero-order valence-corrected chi connectivity index (χ0v) is 13.7. The zero-order chi connectivity index (χ0) is 16.8. The molecule has 0 saturated heterocycles. The summed E-state index contributed by atoms with van der Waals surface area (Å²) in [6, 6.07) is 13.4. The first kappa shape index (κ1) is 16.5. The van der Waals surface area contributed by atoms with Gasteiger partial charge in [-0.05, 0) is 54.8 Å². The first-order valence-electron chi connectivity index (χ1n) is 7.45. The summed E-state index contributed by atoms with van der Waals surface area (Å²) in [4.78, 5) is 15.9. The summed E-state index contributed by atoms with van der Waals surface area (Å²) in [7, 11) is 1.61. The summed E-state index contributed by atoms with van der Waals surface area (Å²) in [5.41, 5.74) is 10.8. The van der Waals surface area contributed by atoms with E-state index in [0.717, 1.165) is 11.3 Å². The third-order valence-corrected chi connectivity index (χ3v) is 3.63. The lowest BCUT2D eigenvalue weighted by atomic mass is 10.1. The number of rotatable bonds is 4. The zero-order valence-electron chi connectivity index (χ0n) is 13.7. The highest BCUT2D eigenvalue weighted by atomic mass is 16.1. The Morgan fingerprint density at radius 2 is 1.91 bits per heavy atom. The summed E-state index contributed by atoms with van der Waals surface area (Å²) < 4.78 is 0. The van der Waals surface area contributed by atoms with Crippen LogP contribution in [0.1, 0.15) is 27.0 Å². The lowest BCUT2D eigenvalue weighted by molar-refractivity contribution is 0.0963. The second-order valence-electron chi connectivity index (χ2n) is 5.41. The van der Waals surface area contributed by atoms with Gasteiger partial charge in [-0.1, -0.05) is 18.2 Å². The van der Waals surface area contributed by atoms with Crippen molar-refractivity contribution in [3.8, 4) is 0 Å². The number of carbonyl (C=O) groups is 1. The second kappa shape index (κ2) is 7.45. The van der Waals surface area contributed by atoms with Gasteiger partial charge in [0.2, 0.25) is 0 Å². The molecule has 0 atom stereocenters. The first-order valence-corrected chi connectivity index (χ1v) is 7.45. The molecule has 2 aromatic carbocycles. The molecule has 0 spiro atoms. The van der Waals surface area contributed by atoms with Crippen molar-refractivity contribution in [1.82, 2.24) is 5.32 Å². The molecule has 0 heterocycles. The van der Waals surface area contributed by atoms with E-state index < -0.39 is 0 Å². The average molecular weight is 310 g/mol. The van der Waals surface area contributed by atoms with Gasteiger partial charge in [0.1, 0.15) is 0 Å². The van der Waals surface area contributed by atoms with Gasteiger partial charge < -0.3 is 16.4 Å². The number of nitrogens with one attached hydrogen (secondary N) is 2. The number of hydrogen-bond acceptors (Lipinski definition) is 2. The highest BCUT2D eigenvalue weighted by Gasteiger charge is 2.03. The molecule has 120 valence electrons. The molecule has 5 heteroatoms. The standard InChI is InChI=1S/C18H22N4O/c1-12-7-8-16(9-13(12)2)22-18(19)21-11-14-5-4-6-15(10-14)17(23)20-3/h4-10H,11H2,1-3H3,(H,20,23)(H3,19,21,22). The number of benzene rings is 2. The number of nitrogens with two attached hydrogens (primary N) is 1. The van der Waals surface area contributed by atoms with Crippen molar-refractivity contribution < 1.29 is 4.79 Å². The summed E-state index contributed by atoms with van der Waals surface area (Å²) in [5, 5.41) is 5.68. The highest BCUT2D eigenvalue weighted by molar-refractivity contribution is 5.94. The minimum absolute atomic E-state index is 0.114. The van der Waals surface area contributed by atoms with Crippen LogP contribution in [0.25, 0.3) is 0 Å². The van der Waals surface area contributed by atoms with Gasteiger partial charge >= 0.3 is 0 Å². The number of anilines is 1. The number of amides is 1. The quantitative estimate of drug-likeness (QED) is 0.600. The molecular formula is C18H22N4O. The van der Waals surface area contributed by atoms with Crippen LogP contribution < -0.4 is 16.4 Å². The van der Waals surface area contributed by atoms with Gasteiger partial charge in [0.25, 0.3) is 5.91 Å². The van der Waals surface area contributed by atoms with E-state index in [4.69, 9.17) is 5.73 Å². The van der Waals surface area contributed by atoms with Gasteiger partial charge in [-0.25, -0.2) is 4.99 Å². The van der Waals surface area contributed by atoms with E-state index >= 15 is 0 Å². The van der Waals surface area contributed by atoms with Crippen LogP contribution in [0.15, 0.2) is 47.5 Å². The van der Waals surface area contributed by atoms with Crippen molar-refractivity contribution >= 4 is 17.6 Å². The largest absolute Gasteiger partial charge is 0.370 e. The van der Waals surface area contributed by atoms with E-state index in [2.05, 4.69) is 29.5 Å². The van der Waals surface area contributed by atoms with Crippen LogP contribution in [0.3, 0.4) is 0 Å². The molecule has 0 unspecified atom stereocenters. The Morgan fingerprint density at radius 1 is 1.13 bits per heavy atom. The molecule has 0 aliphatic rings. The topological polar surface area (TPSA) is 79.5 Å². The summed E-state index contributed by atoms with van der Waals surface area (Å²) >= 11 is 0. The molecule has 0 bridgehead atoms. The van der Waals surface area contributed by atoms with Crippen LogP contribution in [0, 0.1) is 13.8 Å². The third-order valence-electron chi connectivity index (χ3n) is 3.63. The number of aliphatic imine (C=N–C) groups is 1. The minimum Gasteiger partial charge on any atom is -0.370 e. The predicted octanol–water partition coefficient (Wildman–Crippen LogP) is 2.59. The maximum Gasteiger partial charge on any atom is 0.251 e. The van der Waals surface area contributed by atoms with Gasteiger partial charge in [0, 0.05) is 18.3 Å². The van der Waals surface area contributed by atoms with Gasteiger partial charge in [-0.2, -0.15) is 0 Å². The fraction of sp³-hybridized carbons (Fsp3) is 0.222. The molecule has 0 aliphatic heterocycles. The fourth-order valence-corrected chi connectivity index (χ4v) is 2.14. The van der Waals surface area contributed by atoms with Crippen molar-refractivity contribution in [3.05, 3.63) is 64.7 Å². The molecule has 1 amide bonds. The molecular weight excluding hydrogens is 288 g/mol. The molecule has 0 aromatic heterocycles. The highest BCUT2D eigenvalue weighted by Crippen LogP contribution is 2.14. The third kappa shape index (κ3) is 4.57. The molecule has 0 aliphatic carbocycles. The summed E-state index contributed by atoms with van der Waals surface area (Å²) in [6.07, 6.45) is 0. The van der Waals surface area contributed by atoms with Crippen molar-refractivity contribution in [3.63, 3.8) is 0 Å². The Hall–Kier alpha value is -2.82. The van der Waals surface area contributed by atoms with Gasteiger partial charge in [0.15, 0.2) is 5.96 Å². The van der Waals surface area contributed by atoms with Gasteiger partial charge in [-0.3, -0.25) is 4.79 Å². The Morgan fingerprint density at radius 3 is 2.61 bits per heavy atom. The van der Waals surface area contributed by atoms with Crippen LogP contribution in [0.2, 0.25) is 0 Å². The molecule has 0 radical (unpaired) electrons. The molecule has 2 aromatic rings. The molecule has 0 fully saturated rings. The van der Waals surface area contributed by atoms with Gasteiger partial charge in [-0.15, -0.1) is 0 Å². The number of hydrogen-bond donors (Lipinski definition) is 3. The van der Waals surface area contributed by atoms with Crippen LogP contribution in [-0.4, -0.2) is 18.9 Å². The number of guanidine groups is 1. The summed E-state index contributed by atoms with van der Waals surface area (Å²) in [6.45, 7) is 4.53. The van der Waals surface area contributed by atoms with Crippen molar-refractivity contribution in [2.45, 2.75) is 20.4 Å². The van der Waals surface area contributed by atoms with E-state index in [9.17, 15) is 4.79 Å². The average Bonchev–Trinajstić information content (AvgIpc) is 2.56. The van der Waals surface area contributed by atoms with Crippen LogP contribution >= 0.6 is 0 Å². The Kier molecular flexibility index (Phi) is 5.36. The second-order valence-corrected chi connectivity index (χ2v) is 5.41. The van der Waals surface area contributed by atoms with Crippen molar-refractivity contribution in [2.75, 3.05) is 12.4 Å². The lowest BCUT2D eigenvalue weighted by Gasteiger charge is -2.08. The SMILES string of the molecule is CNC(=O)c1cccc(CN=C(N)Nc2ccc(C)c(C)c2)c1. The maximum atomic E-state index is 11.6. The van der Waals surface area contributed by atoms with E-state index in [-0.39, 0.29) is 5.91 Å². The molecule has 5 nitrogen and oxygen atoms in total. The lowest BCUT2D eigenvalue weighted by Crippen LogP contribution is -2.22. The van der Waals surface area contributed by atoms with Crippen LogP contribution in [-0.2, 0) is 6.54 Å². The maximum absolute atomic E-state index is 11.6. The smallest absolute Gasteiger partial charge is 0.251 e. The predicted molar refractivity (Wildman–Crippen MR) is 94.7 cm³/mol. The molecule has 23 heavy (non-hydrogen) atoms. The van der Waals surface area contributed by atoms with Crippen LogP contribution in [0.4, 0.5) is 5.69 Å². The monoisotopic (exact) mass is 310 g/mol. The van der Waals surface area contributed by atoms with E-state index in [0.29, 0.717) is 18.1 Å². The number of carbonyl (C=O) groups excluding carboxylic acids is 1. The Bertz CT molecular complexity index is 738. The minimum atomic E-state index is -0.114. The summed E-state index contributed by atoms with van der Waals surface area (Å²) in [5.74, 6) is 0.232. The normalized spacial score (nSPS) is 11.2. The van der Waals surface area contributed by atoms with Gasteiger partial charge in [0.05, 0.1) is 6.54 Å². The van der Waals surface area contributed by atoms with E-state index in [1.54, 1.807) is 13.1 Å². The van der Waals surface area contributed by atoms with E-state index in [1.165, 1.54) is 11.1 Å².